The first-order valence-electron chi connectivity index (χ1n) is 8.38. The van der Waals surface area contributed by atoms with E-state index < -0.39 is 0 Å². The highest BCUT2D eigenvalue weighted by atomic mass is 16.2. The Morgan fingerprint density at radius 2 is 1.71 bits per heavy atom. The summed E-state index contributed by atoms with van der Waals surface area (Å²) < 4.78 is 0. The van der Waals surface area contributed by atoms with Crippen molar-refractivity contribution in [3.05, 3.63) is 59.8 Å². The van der Waals surface area contributed by atoms with Crippen molar-refractivity contribution in [2.75, 3.05) is 5.32 Å². The minimum atomic E-state index is 0.0914. The lowest BCUT2D eigenvalue weighted by atomic mass is 9.99. The van der Waals surface area contributed by atoms with E-state index in [1.54, 1.807) is 0 Å². The quantitative estimate of drug-likeness (QED) is 0.749. The van der Waals surface area contributed by atoms with E-state index in [0.29, 0.717) is 5.82 Å². The van der Waals surface area contributed by atoms with Gasteiger partial charge in [-0.15, -0.1) is 0 Å². The minimum absolute atomic E-state index is 0.0914. The van der Waals surface area contributed by atoms with Crippen LogP contribution in [-0.4, -0.2) is 10.9 Å². The summed E-state index contributed by atoms with van der Waals surface area (Å²) in [5, 5.41) is 5.07. The molecular formula is C21H20N2O. The van der Waals surface area contributed by atoms with Crippen LogP contribution < -0.4 is 5.32 Å². The first-order valence-corrected chi connectivity index (χ1v) is 8.38. The molecule has 1 aromatic heterocycles. The number of benzene rings is 2. The Labute approximate surface area is 141 Å². The molecule has 2 aromatic carbocycles. The Bertz CT molecular complexity index is 921. The number of pyridine rings is 1. The first kappa shape index (κ1) is 14.9. The molecule has 0 bridgehead atoms. The second kappa shape index (κ2) is 5.75. The number of hydrogen-bond donors (Lipinski definition) is 1. The van der Waals surface area contributed by atoms with Crippen LogP contribution >= 0.6 is 0 Å². The van der Waals surface area contributed by atoms with Gasteiger partial charge in [-0.25, -0.2) is 4.98 Å². The lowest BCUT2D eigenvalue weighted by Crippen LogP contribution is -2.14. The number of nitrogens with zero attached hydrogens (tertiary/aromatic N) is 1. The third-order valence-corrected chi connectivity index (χ3v) is 4.48. The fourth-order valence-corrected chi connectivity index (χ4v) is 3.10. The SMILES string of the molecule is Cc1cc(C)cc(-c2ccc3cc(NC(=O)C4CC4)ncc3c2)c1. The van der Waals surface area contributed by atoms with E-state index in [1.165, 1.54) is 22.3 Å². The second-order valence-corrected chi connectivity index (χ2v) is 6.77. The number of nitrogens with one attached hydrogen (secondary N) is 1. The van der Waals surface area contributed by atoms with Gasteiger partial charge in [0.25, 0.3) is 0 Å². The zero-order valence-corrected chi connectivity index (χ0v) is 14.0. The lowest BCUT2D eigenvalue weighted by molar-refractivity contribution is -0.117. The monoisotopic (exact) mass is 316 g/mol. The number of carbonyl (C=O) groups excluding carboxylic acids is 1. The van der Waals surface area contributed by atoms with Crippen LogP contribution in [-0.2, 0) is 4.79 Å². The fraction of sp³-hybridized carbons (Fsp3) is 0.238. The molecule has 1 N–H and O–H groups in total. The summed E-state index contributed by atoms with van der Waals surface area (Å²) in [6.07, 6.45) is 3.83. The summed E-state index contributed by atoms with van der Waals surface area (Å²) in [4.78, 5) is 16.3. The predicted molar refractivity (Wildman–Crippen MR) is 98.0 cm³/mol. The van der Waals surface area contributed by atoms with Crippen molar-refractivity contribution in [3.8, 4) is 11.1 Å². The van der Waals surface area contributed by atoms with Crippen LogP contribution in [0.4, 0.5) is 5.82 Å². The van der Waals surface area contributed by atoms with Gasteiger partial charge in [-0.05, 0) is 55.3 Å². The number of rotatable bonds is 3. The van der Waals surface area contributed by atoms with E-state index in [4.69, 9.17) is 0 Å². The molecule has 0 saturated heterocycles. The molecule has 24 heavy (non-hydrogen) atoms. The zero-order chi connectivity index (χ0) is 16.7. The fourth-order valence-electron chi connectivity index (χ4n) is 3.10. The van der Waals surface area contributed by atoms with Gasteiger partial charge in [0, 0.05) is 17.5 Å². The molecule has 1 saturated carbocycles. The number of carbonyl (C=O) groups is 1. The summed E-state index contributed by atoms with van der Waals surface area (Å²) in [6, 6.07) is 14.9. The van der Waals surface area contributed by atoms with Crippen LogP contribution in [0.3, 0.4) is 0 Å². The van der Waals surface area contributed by atoms with Gasteiger partial charge >= 0.3 is 0 Å². The van der Waals surface area contributed by atoms with Gasteiger partial charge in [0.05, 0.1) is 0 Å². The minimum Gasteiger partial charge on any atom is -0.310 e. The van der Waals surface area contributed by atoms with Gasteiger partial charge < -0.3 is 5.32 Å². The Hall–Kier alpha value is -2.68. The van der Waals surface area contributed by atoms with E-state index >= 15 is 0 Å². The molecule has 0 radical (unpaired) electrons. The van der Waals surface area contributed by atoms with Crippen molar-refractivity contribution < 1.29 is 4.79 Å². The van der Waals surface area contributed by atoms with E-state index in [-0.39, 0.29) is 11.8 Å². The van der Waals surface area contributed by atoms with Crippen molar-refractivity contribution in [2.45, 2.75) is 26.7 Å². The van der Waals surface area contributed by atoms with E-state index in [9.17, 15) is 4.79 Å². The maximum atomic E-state index is 11.9. The third kappa shape index (κ3) is 3.02. The molecule has 1 fully saturated rings. The first-order chi connectivity index (χ1) is 11.6. The van der Waals surface area contributed by atoms with Gasteiger partial charge in [0.1, 0.15) is 5.82 Å². The Morgan fingerprint density at radius 3 is 2.42 bits per heavy atom. The molecule has 1 amide bonds. The Balaban J connectivity index is 1.67. The van der Waals surface area contributed by atoms with Crippen LogP contribution in [0.25, 0.3) is 21.9 Å². The van der Waals surface area contributed by atoms with Gasteiger partial charge in [0.15, 0.2) is 0 Å². The number of fused-ring (bicyclic) bond motifs is 1. The normalized spacial score (nSPS) is 13.9. The number of hydrogen-bond acceptors (Lipinski definition) is 2. The summed E-state index contributed by atoms with van der Waals surface area (Å²) in [5.74, 6) is 0.918. The molecule has 0 aliphatic heterocycles. The van der Waals surface area contributed by atoms with E-state index in [0.717, 1.165) is 23.6 Å². The van der Waals surface area contributed by atoms with Crippen LogP contribution in [0.1, 0.15) is 24.0 Å². The number of aryl methyl sites for hydroxylation is 2. The molecule has 3 heteroatoms. The number of amides is 1. The molecule has 0 atom stereocenters. The van der Waals surface area contributed by atoms with Gasteiger partial charge in [0.2, 0.25) is 5.91 Å². The highest BCUT2D eigenvalue weighted by molar-refractivity contribution is 5.96. The Kier molecular flexibility index (Phi) is 3.57. The molecule has 120 valence electrons. The molecule has 4 rings (SSSR count). The van der Waals surface area contributed by atoms with Crippen molar-refractivity contribution in [2.24, 2.45) is 5.92 Å². The molecule has 1 aliphatic rings. The van der Waals surface area contributed by atoms with Crippen molar-refractivity contribution in [3.63, 3.8) is 0 Å². The molecule has 1 aliphatic carbocycles. The van der Waals surface area contributed by atoms with Crippen molar-refractivity contribution >= 4 is 22.5 Å². The highest BCUT2D eigenvalue weighted by Gasteiger charge is 2.29. The molecule has 0 unspecified atom stereocenters. The summed E-state index contributed by atoms with van der Waals surface area (Å²) in [7, 11) is 0. The summed E-state index contributed by atoms with van der Waals surface area (Å²) in [6.45, 7) is 4.24. The van der Waals surface area contributed by atoms with Crippen LogP contribution in [0.15, 0.2) is 48.7 Å². The molecule has 3 nitrogen and oxygen atoms in total. The van der Waals surface area contributed by atoms with Gasteiger partial charge in [-0.2, -0.15) is 0 Å². The van der Waals surface area contributed by atoms with Gasteiger partial charge in [-0.1, -0.05) is 41.5 Å². The smallest absolute Gasteiger partial charge is 0.228 e. The molecule has 1 heterocycles. The predicted octanol–water partition coefficient (Wildman–Crippen LogP) is 4.87. The standard InChI is InChI=1S/C21H20N2O/c1-13-7-14(2)9-18(8-13)16-5-6-17-11-20(22-12-19(17)10-16)23-21(24)15-3-4-15/h5-12,15H,3-4H2,1-2H3,(H,22,23,24). The maximum absolute atomic E-state index is 11.9. The second-order valence-electron chi connectivity index (χ2n) is 6.77. The summed E-state index contributed by atoms with van der Waals surface area (Å²) in [5.41, 5.74) is 4.94. The van der Waals surface area contributed by atoms with Crippen molar-refractivity contribution in [1.82, 2.24) is 4.98 Å². The average Bonchev–Trinajstić information content (AvgIpc) is 3.38. The Morgan fingerprint density at radius 1 is 0.958 bits per heavy atom. The highest BCUT2D eigenvalue weighted by Crippen LogP contribution is 2.31. The van der Waals surface area contributed by atoms with E-state index in [2.05, 4.69) is 60.5 Å². The topological polar surface area (TPSA) is 42.0 Å². The van der Waals surface area contributed by atoms with E-state index in [1.807, 2.05) is 12.3 Å². The number of anilines is 1. The number of aromatic nitrogens is 1. The molecule has 0 spiro atoms. The van der Waals surface area contributed by atoms with Gasteiger partial charge in [-0.3, -0.25) is 4.79 Å². The molecule has 3 aromatic rings. The summed E-state index contributed by atoms with van der Waals surface area (Å²) >= 11 is 0. The average molecular weight is 316 g/mol. The maximum Gasteiger partial charge on any atom is 0.228 e. The zero-order valence-electron chi connectivity index (χ0n) is 14.0. The third-order valence-electron chi connectivity index (χ3n) is 4.48. The molecular weight excluding hydrogens is 296 g/mol. The van der Waals surface area contributed by atoms with Crippen LogP contribution in [0, 0.1) is 19.8 Å². The van der Waals surface area contributed by atoms with Crippen molar-refractivity contribution in [1.29, 1.82) is 0 Å². The van der Waals surface area contributed by atoms with Crippen LogP contribution in [0.5, 0.6) is 0 Å². The largest absolute Gasteiger partial charge is 0.310 e. The lowest BCUT2D eigenvalue weighted by Gasteiger charge is -2.08. The van der Waals surface area contributed by atoms with Crippen LogP contribution in [0.2, 0.25) is 0 Å².